The molecule has 6 nitrogen and oxygen atoms in total. The molecule has 6 heteroatoms. The van der Waals surface area contributed by atoms with E-state index in [0.29, 0.717) is 12.6 Å². The number of nitrogens with zero attached hydrogens (tertiary/aromatic N) is 3. The molecule has 0 aliphatic carbocycles. The van der Waals surface area contributed by atoms with Crippen LogP contribution < -0.4 is 5.32 Å². The number of nitrogens with one attached hydrogen (secondary N) is 1. The summed E-state index contributed by atoms with van der Waals surface area (Å²) in [6, 6.07) is 8.18. The molecule has 27 heavy (non-hydrogen) atoms. The molecule has 3 rings (SSSR count). The molecule has 2 fully saturated rings. The molecular weight excluding hydrogens is 340 g/mol. The maximum absolute atomic E-state index is 12.5. The van der Waals surface area contributed by atoms with Gasteiger partial charge in [-0.15, -0.1) is 0 Å². The van der Waals surface area contributed by atoms with Gasteiger partial charge in [0, 0.05) is 44.3 Å². The van der Waals surface area contributed by atoms with E-state index in [9.17, 15) is 9.59 Å². The highest BCUT2D eigenvalue weighted by molar-refractivity contribution is 5.94. The molecule has 1 aromatic carbocycles. The molecule has 0 aromatic heterocycles. The van der Waals surface area contributed by atoms with E-state index in [2.05, 4.69) is 24.3 Å². The van der Waals surface area contributed by atoms with E-state index in [1.54, 1.807) is 0 Å². The van der Waals surface area contributed by atoms with Crippen molar-refractivity contribution in [2.75, 3.05) is 40.3 Å². The maximum Gasteiger partial charge on any atom is 0.317 e. The highest BCUT2D eigenvalue weighted by Crippen LogP contribution is 2.16. The summed E-state index contributed by atoms with van der Waals surface area (Å²) in [5.74, 6) is 0.114. The molecule has 0 unspecified atom stereocenters. The van der Waals surface area contributed by atoms with Crippen LogP contribution in [0.5, 0.6) is 0 Å². The van der Waals surface area contributed by atoms with Crippen LogP contribution in [0.25, 0.3) is 0 Å². The lowest BCUT2D eigenvalue weighted by atomic mass is 10.1. The van der Waals surface area contributed by atoms with Crippen molar-refractivity contribution in [3.63, 3.8) is 0 Å². The zero-order valence-corrected chi connectivity index (χ0v) is 16.6. The van der Waals surface area contributed by atoms with Crippen molar-refractivity contribution in [2.45, 2.75) is 44.7 Å². The van der Waals surface area contributed by atoms with Crippen molar-refractivity contribution in [3.05, 3.63) is 35.4 Å². The second kappa shape index (κ2) is 9.22. The summed E-state index contributed by atoms with van der Waals surface area (Å²) in [6.45, 7) is 3.84. The topological polar surface area (TPSA) is 55.9 Å². The zero-order chi connectivity index (χ0) is 19.2. The number of hydrogen-bond acceptors (Lipinski definition) is 3. The van der Waals surface area contributed by atoms with Crippen LogP contribution in [0.15, 0.2) is 24.3 Å². The Morgan fingerprint density at radius 2 is 1.63 bits per heavy atom. The van der Waals surface area contributed by atoms with Crippen molar-refractivity contribution in [3.8, 4) is 0 Å². The second-order valence-corrected chi connectivity index (χ2v) is 7.89. The summed E-state index contributed by atoms with van der Waals surface area (Å²) < 4.78 is 0. The molecule has 148 valence electrons. The summed E-state index contributed by atoms with van der Waals surface area (Å²) >= 11 is 0. The van der Waals surface area contributed by atoms with E-state index >= 15 is 0 Å². The van der Waals surface area contributed by atoms with Crippen LogP contribution in [0.3, 0.4) is 0 Å². The van der Waals surface area contributed by atoms with Crippen molar-refractivity contribution in [1.82, 2.24) is 20.0 Å². The molecule has 2 heterocycles. The van der Waals surface area contributed by atoms with Gasteiger partial charge in [-0.3, -0.25) is 4.79 Å². The summed E-state index contributed by atoms with van der Waals surface area (Å²) in [7, 11) is 4.22. The molecule has 3 amide bonds. The summed E-state index contributed by atoms with van der Waals surface area (Å²) in [5.41, 5.74) is 1.75. The van der Waals surface area contributed by atoms with Gasteiger partial charge in [-0.1, -0.05) is 12.1 Å². The maximum atomic E-state index is 12.5. The van der Waals surface area contributed by atoms with E-state index in [-0.39, 0.29) is 11.9 Å². The number of likely N-dealkylation sites (tertiary alicyclic amines) is 2. The van der Waals surface area contributed by atoms with Gasteiger partial charge >= 0.3 is 6.03 Å². The minimum atomic E-state index is 0.00613. The number of rotatable bonds is 4. The van der Waals surface area contributed by atoms with Crippen LogP contribution in [0.4, 0.5) is 4.79 Å². The molecule has 0 radical (unpaired) electrons. The molecule has 0 bridgehead atoms. The second-order valence-electron chi connectivity index (χ2n) is 7.89. The summed E-state index contributed by atoms with van der Waals surface area (Å²) in [6.07, 6.45) is 5.41. The first-order valence-electron chi connectivity index (χ1n) is 10.1. The van der Waals surface area contributed by atoms with Gasteiger partial charge in [0.25, 0.3) is 5.91 Å². The van der Waals surface area contributed by atoms with E-state index in [1.165, 1.54) is 0 Å². The van der Waals surface area contributed by atoms with Gasteiger partial charge in [0.15, 0.2) is 0 Å². The van der Waals surface area contributed by atoms with Gasteiger partial charge in [0.1, 0.15) is 0 Å². The Morgan fingerprint density at radius 1 is 0.963 bits per heavy atom. The Morgan fingerprint density at radius 3 is 2.30 bits per heavy atom. The van der Waals surface area contributed by atoms with Gasteiger partial charge in [0.05, 0.1) is 0 Å². The lowest BCUT2D eigenvalue weighted by Crippen LogP contribution is -2.40. The number of carbonyl (C=O) groups is 2. The minimum Gasteiger partial charge on any atom is -0.339 e. The molecule has 1 N–H and O–H groups in total. The normalized spacial score (nSPS) is 20.6. The predicted octanol–water partition coefficient (Wildman–Crippen LogP) is 2.55. The molecule has 0 spiro atoms. The highest BCUT2D eigenvalue weighted by atomic mass is 16.2. The van der Waals surface area contributed by atoms with Crippen LogP contribution in [-0.4, -0.2) is 73.0 Å². The first-order valence-corrected chi connectivity index (χ1v) is 10.1. The first kappa shape index (κ1) is 19.7. The monoisotopic (exact) mass is 372 g/mol. The standard InChI is InChI=1S/C21H32N4O2/c1-23(2)19-6-5-14-25(15-11-19)21(27)22-16-17-7-9-18(10-8-17)20(26)24-12-3-4-13-24/h7-10,19H,3-6,11-16H2,1-2H3,(H,22,27)/t19-/m0/s1. The third-order valence-corrected chi connectivity index (χ3v) is 5.75. The third kappa shape index (κ3) is 5.22. The fourth-order valence-electron chi connectivity index (χ4n) is 3.96. The Balaban J connectivity index is 1.48. The van der Waals surface area contributed by atoms with Crippen LogP contribution in [0.2, 0.25) is 0 Å². The first-order chi connectivity index (χ1) is 13.0. The van der Waals surface area contributed by atoms with Gasteiger partial charge in [-0.05, 0) is 63.9 Å². The van der Waals surface area contributed by atoms with Crippen molar-refractivity contribution in [1.29, 1.82) is 0 Å². The predicted molar refractivity (Wildman–Crippen MR) is 107 cm³/mol. The van der Waals surface area contributed by atoms with E-state index in [4.69, 9.17) is 0 Å². The molecule has 2 aliphatic heterocycles. The Bertz CT molecular complexity index is 638. The smallest absolute Gasteiger partial charge is 0.317 e. The third-order valence-electron chi connectivity index (χ3n) is 5.75. The number of hydrogen-bond donors (Lipinski definition) is 1. The Labute approximate surface area is 162 Å². The van der Waals surface area contributed by atoms with Crippen molar-refractivity contribution < 1.29 is 9.59 Å². The van der Waals surface area contributed by atoms with Gasteiger partial charge < -0.3 is 20.0 Å². The molecule has 2 aliphatic rings. The minimum absolute atomic E-state index is 0.00613. The van der Waals surface area contributed by atoms with Gasteiger partial charge in [-0.2, -0.15) is 0 Å². The van der Waals surface area contributed by atoms with Crippen LogP contribution in [-0.2, 0) is 6.54 Å². The van der Waals surface area contributed by atoms with Gasteiger partial charge in [-0.25, -0.2) is 4.79 Å². The Hall–Kier alpha value is -2.08. The average molecular weight is 373 g/mol. The van der Waals surface area contributed by atoms with Crippen molar-refractivity contribution in [2.24, 2.45) is 0 Å². The quantitative estimate of drug-likeness (QED) is 0.884. The van der Waals surface area contributed by atoms with Crippen LogP contribution in [0.1, 0.15) is 48.0 Å². The molecule has 2 saturated heterocycles. The fraction of sp³-hybridized carbons (Fsp3) is 0.619. The lowest BCUT2D eigenvalue weighted by Gasteiger charge is -2.23. The number of benzene rings is 1. The molecule has 1 aromatic rings. The van der Waals surface area contributed by atoms with Crippen LogP contribution >= 0.6 is 0 Å². The highest BCUT2D eigenvalue weighted by Gasteiger charge is 2.22. The SMILES string of the molecule is CN(C)[C@H]1CCCN(C(=O)NCc2ccc(C(=O)N3CCCC3)cc2)CC1. The molecular formula is C21H32N4O2. The molecule has 1 atom stereocenters. The van der Waals surface area contributed by atoms with E-state index < -0.39 is 0 Å². The van der Waals surface area contributed by atoms with E-state index in [0.717, 1.165) is 69.4 Å². The Kier molecular flexibility index (Phi) is 6.72. The lowest BCUT2D eigenvalue weighted by molar-refractivity contribution is 0.0792. The fourth-order valence-corrected chi connectivity index (χ4v) is 3.96. The molecule has 0 saturated carbocycles. The number of amides is 3. The summed E-state index contributed by atoms with van der Waals surface area (Å²) in [5, 5.41) is 3.02. The summed E-state index contributed by atoms with van der Waals surface area (Å²) in [4.78, 5) is 31.0. The average Bonchev–Trinajstić information content (AvgIpc) is 3.09. The largest absolute Gasteiger partial charge is 0.339 e. The van der Waals surface area contributed by atoms with Gasteiger partial charge in [0.2, 0.25) is 0 Å². The zero-order valence-electron chi connectivity index (χ0n) is 16.6. The van der Waals surface area contributed by atoms with E-state index in [1.807, 2.05) is 34.1 Å². The van der Waals surface area contributed by atoms with Crippen LogP contribution in [0, 0.1) is 0 Å². The number of urea groups is 1. The van der Waals surface area contributed by atoms with Crippen molar-refractivity contribution >= 4 is 11.9 Å². The number of carbonyl (C=O) groups excluding carboxylic acids is 2.